The van der Waals surface area contributed by atoms with Crippen molar-refractivity contribution in [2.45, 2.75) is 20.8 Å². The van der Waals surface area contributed by atoms with Crippen molar-refractivity contribution in [3.05, 3.63) is 75.8 Å². The Kier molecular flexibility index (Phi) is 3.31. The van der Waals surface area contributed by atoms with Crippen LogP contribution in [0.15, 0.2) is 59.1 Å². The molecule has 1 nitrogen and oxygen atoms in total. The number of para-hydroxylation sites is 1. The second-order valence-electron chi connectivity index (χ2n) is 6.26. The van der Waals surface area contributed by atoms with Gasteiger partial charge in [0.2, 0.25) is 0 Å². The van der Waals surface area contributed by atoms with E-state index in [0.29, 0.717) is 0 Å². The van der Waals surface area contributed by atoms with Crippen molar-refractivity contribution in [2.75, 3.05) is 0 Å². The van der Waals surface area contributed by atoms with Crippen molar-refractivity contribution in [2.24, 2.45) is 0 Å². The molecule has 1 heterocycles. The van der Waals surface area contributed by atoms with Crippen LogP contribution in [0, 0.1) is 20.8 Å². The molecule has 23 heavy (non-hydrogen) atoms. The van der Waals surface area contributed by atoms with Gasteiger partial charge in [-0.25, -0.2) is 0 Å². The Morgan fingerprint density at radius 2 is 1.39 bits per heavy atom. The number of fused-ring (bicyclic) bond motifs is 3. The van der Waals surface area contributed by atoms with Crippen molar-refractivity contribution in [1.29, 1.82) is 0 Å². The molecule has 0 amide bonds. The normalized spacial score (nSPS) is 11.5. The summed E-state index contributed by atoms with van der Waals surface area (Å²) in [5, 5.41) is 2.58. The standard InChI is InChI=1S/C21H18BrN/c1-13-10-14(2)21(15(3)11-13)23-19-7-5-4-6-17(19)18-12-16(22)8-9-20(18)23/h4-12H,1-3H3. The first-order valence-corrected chi connectivity index (χ1v) is 8.62. The van der Waals surface area contributed by atoms with Crippen molar-refractivity contribution in [3.63, 3.8) is 0 Å². The van der Waals surface area contributed by atoms with E-state index in [1.165, 1.54) is 44.2 Å². The van der Waals surface area contributed by atoms with E-state index in [1.54, 1.807) is 0 Å². The van der Waals surface area contributed by atoms with Crippen LogP contribution in [0.2, 0.25) is 0 Å². The van der Waals surface area contributed by atoms with E-state index < -0.39 is 0 Å². The van der Waals surface area contributed by atoms with Gasteiger partial charge in [-0.15, -0.1) is 0 Å². The fourth-order valence-corrected chi connectivity index (χ4v) is 4.07. The summed E-state index contributed by atoms with van der Waals surface area (Å²) in [6, 6.07) is 19.7. The quantitative estimate of drug-likeness (QED) is 0.365. The lowest BCUT2D eigenvalue weighted by Crippen LogP contribution is -2.00. The van der Waals surface area contributed by atoms with E-state index in [1.807, 2.05) is 0 Å². The Labute approximate surface area is 144 Å². The van der Waals surface area contributed by atoms with Crippen LogP contribution in [-0.4, -0.2) is 4.57 Å². The van der Waals surface area contributed by atoms with Crippen LogP contribution >= 0.6 is 15.9 Å². The van der Waals surface area contributed by atoms with Crippen LogP contribution in [0.25, 0.3) is 27.5 Å². The molecule has 2 heteroatoms. The molecule has 0 N–H and O–H groups in total. The molecule has 0 saturated heterocycles. The van der Waals surface area contributed by atoms with E-state index in [0.717, 1.165) is 4.47 Å². The van der Waals surface area contributed by atoms with Gasteiger partial charge in [-0.1, -0.05) is 51.8 Å². The number of nitrogens with zero attached hydrogens (tertiary/aromatic N) is 1. The molecule has 1 aromatic heterocycles. The van der Waals surface area contributed by atoms with Crippen LogP contribution in [0.1, 0.15) is 16.7 Å². The Balaban J connectivity index is 2.23. The minimum atomic E-state index is 1.12. The lowest BCUT2D eigenvalue weighted by atomic mass is 10.0. The first-order valence-electron chi connectivity index (χ1n) is 7.83. The lowest BCUT2D eigenvalue weighted by Gasteiger charge is -2.15. The summed E-state index contributed by atoms with van der Waals surface area (Å²) in [7, 11) is 0. The van der Waals surface area contributed by atoms with Gasteiger partial charge in [-0.05, 0) is 56.2 Å². The van der Waals surface area contributed by atoms with Crippen molar-refractivity contribution in [1.82, 2.24) is 4.57 Å². The lowest BCUT2D eigenvalue weighted by molar-refractivity contribution is 1.11. The molecule has 0 atom stereocenters. The molecule has 0 aliphatic carbocycles. The van der Waals surface area contributed by atoms with E-state index >= 15 is 0 Å². The summed E-state index contributed by atoms with van der Waals surface area (Å²) in [5.74, 6) is 0. The van der Waals surface area contributed by atoms with Crippen molar-refractivity contribution < 1.29 is 0 Å². The molecule has 0 bridgehead atoms. The highest BCUT2D eigenvalue weighted by Gasteiger charge is 2.15. The number of rotatable bonds is 1. The maximum Gasteiger partial charge on any atom is 0.0542 e. The molecule has 0 aliphatic rings. The molecule has 4 aromatic rings. The molecule has 3 aromatic carbocycles. The fourth-order valence-electron chi connectivity index (χ4n) is 3.71. The number of hydrogen-bond acceptors (Lipinski definition) is 0. The van der Waals surface area contributed by atoms with Gasteiger partial charge in [0.05, 0.1) is 16.7 Å². The maximum absolute atomic E-state index is 3.61. The smallest absolute Gasteiger partial charge is 0.0542 e. The van der Waals surface area contributed by atoms with Gasteiger partial charge in [-0.3, -0.25) is 0 Å². The predicted octanol–water partition coefficient (Wildman–Crippen LogP) is 6.47. The number of aryl methyl sites for hydroxylation is 3. The summed E-state index contributed by atoms with van der Waals surface area (Å²) >= 11 is 3.61. The van der Waals surface area contributed by atoms with Gasteiger partial charge in [0.25, 0.3) is 0 Å². The minimum absolute atomic E-state index is 1.12. The maximum atomic E-state index is 3.61. The highest BCUT2D eigenvalue weighted by Crippen LogP contribution is 2.35. The summed E-state index contributed by atoms with van der Waals surface area (Å²) in [6.45, 7) is 6.57. The molecule has 0 spiro atoms. The summed E-state index contributed by atoms with van der Waals surface area (Å²) in [5.41, 5.74) is 7.75. The first kappa shape index (κ1) is 14.5. The Bertz CT molecular complexity index is 1030. The SMILES string of the molecule is Cc1cc(C)c(-n2c3ccccc3c3cc(Br)ccc32)c(C)c1. The Hall–Kier alpha value is -2.06. The number of aromatic nitrogens is 1. The molecular formula is C21H18BrN. The zero-order valence-electron chi connectivity index (χ0n) is 13.5. The average Bonchev–Trinajstić information content (AvgIpc) is 2.81. The minimum Gasteiger partial charge on any atom is -0.309 e. The van der Waals surface area contributed by atoms with Gasteiger partial charge in [0.1, 0.15) is 0 Å². The highest BCUT2D eigenvalue weighted by atomic mass is 79.9. The first-order chi connectivity index (χ1) is 11.1. The van der Waals surface area contributed by atoms with E-state index in [2.05, 4.69) is 95.9 Å². The topological polar surface area (TPSA) is 4.93 Å². The number of benzene rings is 3. The summed E-state index contributed by atoms with van der Waals surface area (Å²) < 4.78 is 3.52. The number of hydrogen-bond donors (Lipinski definition) is 0. The van der Waals surface area contributed by atoms with Crippen LogP contribution in [0.5, 0.6) is 0 Å². The summed E-state index contributed by atoms with van der Waals surface area (Å²) in [4.78, 5) is 0. The third-order valence-electron chi connectivity index (χ3n) is 4.49. The van der Waals surface area contributed by atoms with Crippen LogP contribution in [0.3, 0.4) is 0 Å². The highest BCUT2D eigenvalue weighted by molar-refractivity contribution is 9.10. The van der Waals surface area contributed by atoms with Gasteiger partial charge >= 0.3 is 0 Å². The third-order valence-corrected chi connectivity index (χ3v) is 4.99. The van der Waals surface area contributed by atoms with E-state index in [-0.39, 0.29) is 0 Å². The van der Waals surface area contributed by atoms with Gasteiger partial charge < -0.3 is 4.57 Å². The van der Waals surface area contributed by atoms with Crippen LogP contribution < -0.4 is 0 Å². The second-order valence-corrected chi connectivity index (χ2v) is 7.18. The van der Waals surface area contributed by atoms with Gasteiger partial charge in [-0.2, -0.15) is 0 Å². The Morgan fingerprint density at radius 3 is 2.13 bits per heavy atom. The molecule has 0 aliphatic heterocycles. The second kappa shape index (κ2) is 5.24. The zero-order valence-corrected chi connectivity index (χ0v) is 15.1. The van der Waals surface area contributed by atoms with Crippen LogP contribution in [-0.2, 0) is 0 Å². The van der Waals surface area contributed by atoms with Gasteiger partial charge in [0, 0.05) is 15.2 Å². The van der Waals surface area contributed by atoms with E-state index in [9.17, 15) is 0 Å². The molecule has 0 unspecified atom stereocenters. The average molecular weight is 364 g/mol. The molecule has 0 saturated carbocycles. The monoisotopic (exact) mass is 363 g/mol. The third kappa shape index (κ3) is 2.21. The van der Waals surface area contributed by atoms with Gasteiger partial charge in [0.15, 0.2) is 0 Å². The molecular weight excluding hydrogens is 346 g/mol. The molecule has 4 rings (SSSR count). The molecule has 114 valence electrons. The van der Waals surface area contributed by atoms with Crippen molar-refractivity contribution in [3.8, 4) is 5.69 Å². The van der Waals surface area contributed by atoms with E-state index in [4.69, 9.17) is 0 Å². The van der Waals surface area contributed by atoms with Crippen LogP contribution in [0.4, 0.5) is 0 Å². The molecule has 0 radical (unpaired) electrons. The largest absolute Gasteiger partial charge is 0.309 e. The molecule has 0 fully saturated rings. The number of halogens is 1. The fraction of sp³-hybridized carbons (Fsp3) is 0.143. The summed E-state index contributed by atoms with van der Waals surface area (Å²) in [6.07, 6.45) is 0. The predicted molar refractivity (Wildman–Crippen MR) is 103 cm³/mol. The zero-order chi connectivity index (χ0) is 16.1. The van der Waals surface area contributed by atoms with Crippen molar-refractivity contribution >= 4 is 37.7 Å². The Morgan fingerprint density at radius 1 is 0.739 bits per heavy atom.